The normalized spacial score (nSPS) is 11.0. The molecule has 0 aliphatic carbocycles. The van der Waals surface area contributed by atoms with Crippen molar-refractivity contribution in [1.29, 1.82) is 0 Å². The molecular formula is C23H20BrClN4O2S. The van der Waals surface area contributed by atoms with Crippen molar-refractivity contribution in [1.82, 2.24) is 14.8 Å². The first kappa shape index (κ1) is 22.6. The number of nitrogens with one attached hydrogen (secondary N) is 1. The Kier molecular flexibility index (Phi) is 7.34. The number of anilines is 1. The molecule has 1 amide bonds. The number of ether oxygens (including phenoxy) is 1. The summed E-state index contributed by atoms with van der Waals surface area (Å²) >= 11 is 10.8. The van der Waals surface area contributed by atoms with Crippen molar-refractivity contribution < 1.29 is 9.53 Å². The molecule has 9 heteroatoms. The van der Waals surface area contributed by atoms with Crippen LogP contribution in [-0.4, -0.2) is 26.4 Å². The topological polar surface area (TPSA) is 69.0 Å². The SMILES string of the molecule is CCn1c(COc2cccc3ccccc23)nnc1SCC(=O)Nc1ccc(Br)c(Cl)c1. The Bertz CT molecular complexity index is 1260. The van der Waals surface area contributed by atoms with Gasteiger partial charge in [0, 0.05) is 22.1 Å². The van der Waals surface area contributed by atoms with Gasteiger partial charge in [-0.15, -0.1) is 10.2 Å². The molecule has 0 aliphatic heterocycles. The molecule has 0 unspecified atom stereocenters. The van der Waals surface area contributed by atoms with Crippen LogP contribution in [0.5, 0.6) is 5.75 Å². The zero-order chi connectivity index (χ0) is 22.5. The van der Waals surface area contributed by atoms with E-state index >= 15 is 0 Å². The highest BCUT2D eigenvalue weighted by Crippen LogP contribution is 2.27. The second kappa shape index (κ2) is 10.4. The van der Waals surface area contributed by atoms with Crippen molar-refractivity contribution in [3.05, 3.63) is 76.0 Å². The van der Waals surface area contributed by atoms with E-state index in [0.717, 1.165) is 21.0 Å². The smallest absolute Gasteiger partial charge is 0.234 e. The molecule has 4 aromatic rings. The van der Waals surface area contributed by atoms with Crippen LogP contribution >= 0.6 is 39.3 Å². The predicted molar refractivity (Wildman–Crippen MR) is 132 cm³/mol. The number of halogens is 2. The lowest BCUT2D eigenvalue weighted by molar-refractivity contribution is -0.113. The number of nitrogens with zero attached hydrogens (tertiary/aromatic N) is 3. The molecule has 4 rings (SSSR count). The number of fused-ring (bicyclic) bond motifs is 1. The average molecular weight is 532 g/mol. The monoisotopic (exact) mass is 530 g/mol. The third kappa shape index (κ3) is 5.26. The van der Waals surface area contributed by atoms with E-state index in [1.165, 1.54) is 11.8 Å². The summed E-state index contributed by atoms with van der Waals surface area (Å²) in [5.41, 5.74) is 0.643. The minimum Gasteiger partial charge on any atom is -0.485 e. The Morgan fingerprint density at radius 3 is 2.78 bits per heavy atom. The molecule has 0 fully saturated rings. The van der Waals surface area contributed by atoms with Gasteiger partial charge in [-0.05, 0) is 52.5 Å². The maximum atomic E-state index is 12.4. The third-order valence-corrected chi connectivity index (χ3v) is 6.95. The maximum absolute atomic E-state index is 12.4. The van der Waals surface area contributed by atoms with Gasteiger partial charge in [-0.1, -0.05) is 59.8 Å². The number of rotatable bonds is 8. The number of benzene rings is 3. The lowest BCUT2D eigenvalue weighted by Gasteiger charge is -2.11. The number of carbonyl (C=O) groups excluding carboxylic acids is 1. The summed E-state index contributed by atoms with van der Waals surface area (Å²) < 4.78 is 8.79. The standard InChI is InChI=1S/C23H20BrClN4O2S/c1-2-29-21(13-31-20-9-5-7-15-6-3-4-8-17(15)20)27-28-23(29)32-14-22(30)26-16-10-11-18(24)19(25)12-16/h3-12H,2,13-14H2,1H3,(H,26,30). The van der Waals surface area contributed by atoms with Crippen LogP contribution in [0.15, 0.2) is 70.3 Å². The van der Waals surface area contributed by atoms with E-state index in [-0.39, 0.29) is 11.7 Å². The van der Waals surface area contributed by atoms with Crippen LogP contribution < -0.4 is 10.1 Å². The van der Waals surface area contributed by atoms with E-state index < -0.39 is 0 Å². The minimum absolute atomic E-state index is 0.146. The zero-order valence-corrected chi connectivity index (χ0v) is 20.4. The molecule has 0 saturated heterocycles. The fourth-order valence-electron chi connectivity index (χ4n) is 3.22. The van der Waals surface area contributed by atoms with Crippen LogP contribution in [0.1, 0.15) is 12.7 Å². The quantitative estimate of drug-likeness (QED) is 0.275. The fraction of sp³-hybridized carbons (Fsp3) is 0.174. The van der Waals surface area contributed by atoms with Crippen LogP contribution in [0.25, 0.3) is 10.8 Å². The van der Waals surface area contributed by atoms with Gasteiger partial charge >= 0.3 is 0 Å². The van der Waals surface area contributed by atoms with Gasteiger partial charge in [-0.2, -0.15) is 0 Å². The van der Waals surface area contributed by atoms with Gasteiger partial charge in [0.1, 0.15) is 12.4 Å². The highest BCUT2D eigenvalue weighted by molar-refractivity contribution is 9.10. The van der Waals surface area contributed by atoms with Crippen molar-refractivity contribution in [2.75, 3.05) is 11.1 Å². The molecule has 0 radical (unpaired) electrons. The Morgan fingerprint density at radius 1 is 1.16 bits per heavy atom. The van der Waals surface area contributed by atoms with Gasteiger partial charge < -0.3 is 14.6 Å². The van der Waals surface area contributed by atoms with Gasteiger partial charge in [-0.25, -0.2) is 0 Å². The zero-order valence-electron chi connectivity index (χ0n) is 17.2. The number of hydrogen-bond donors (Lipinski definition) is 1. The molecule has 0 aliphatic rings. The molecule has 0 saturated carbocycles. The first-order chi connectivity index (χ1) is 15.5. The molecule has 32 heavy (non-hydrogen) atoms. The Hall–Kier alpha value is -2.55. The predicted octanol–water partition coefficient (Wildman–Crippen LogP) is 6.18. The lowest BCUT2D eigenvalue weighted by Crippen LogP contribution is -2.15. The van der Waals surface area contributed by atoms with Crippen molar-refractivity contribution in [2.45, 2.75) is 25.2 Å². The molecule has 6 nitrogen and oxygen atoms in total. The van der Waals surface area contributed by atoms with Crippen LogP contribution in [0.3, 0.4) is 0 Å². The molecule has 0 atom stereocenters. The molecule has 1 aromatic heterocycles. The number of carbonyl (C=O) groups is 1. The maximum Gasteiger partial charge on any atom is 0.234 e. The molecule has 0 spiro atoms. The second-order valence-electron chi connectivity index (χ2n) is 6.87. The molecule has 164 valence electrons. The highest BCUT2D eigenvalue weighted by Gasteiger charge is 2.14. The highest BCUT2D eigenvalue weighted by atomic mass is 79.9. The van der Waals surface area contributed by atoms with Crippen LogP contribution in [0, 0.1) is 0 Å². The summed E-state index contributed by atoms with van der Waals surface area (Å²) in [6.45, 7) is 2.98. The second-order valence-corrected chi connectivity index (χ2v) is 9.08. The third-order valence-electron chi connectivity index (χ3n) is 4.75. The van der Waals surface area contributed by atoms with E-state index in [2.05, 4.69) is 43.6 Å². The van der Waals surface area contributed by atoms with E-state index in [1.807, 2.05) is 41.8 Å². The van der Waals surface area contributed by atoms with Crippen molar-refractivity contribution in [3.8, 4) is 5.75 Å². The number of amides is 1. The van der Waals surface area contributed by atoms with Crippen molar-refractivity contribution >= 4 is 61.7 Å². The number of hydrogen-bond acceptors (Lipinski definition) is 5. The van der Waals surface area contributed by atoms with Gasteiger partial charge in [0.15, 0.2) is 11.0 Å². The Labute approximate surface area is 203 Å². The molecule has 1 heterocycles. The summed E-state index contributed by atoms with van der Waals surface area (Å²) in [5, 5.41) is 14.8. The van der Waals surface area contributed by atoms with E-state index in [0.29, 0.717) is 34.8 Å². The van der Waals surface area contributed by atoms with Crippen LogP contribution in [-0.2, 0) is 17.9 Å². The molecule has 3 aromatic carbocycles. The minimum atomic E-state index is -0.146. The Balaban J connectivity index is 1.39. The van der Waals surface area contributed by atoms with E-state index in [4.69, 9.17) is 16.3 Å². The summed E-state index contributed by atoms with van der Waals surface area (Å²) in [5.74, 6) is 1.57. The first-order valence-electron chi connectivity index (χ1n) is 9.95. The average Bonchev–Trinajstić information content (AvgIpc) is 3.20. The van der Waals surface area contributed by atoms with Gasteiger partial charge in [0.05, 0.1) is 10.8 Å². The first-order valence-corrected chi connectivity index (χ1v) is 12.1. The summed E-state index contributed by atoms with van der Waals surface area (Å²) in [6, 6.07) is 19.3. The van der Waals surface area contributed by atoms with Crippen molar-refractivity contribution in [3.63, 3.8) is 0 Å². The van der Waals surface area contributed by atoms with Gasteiger partial charge in [0.2, 0.25) is 5.91 Å². The van der Waals surface area contributed by atoms with Crippen LogP contribution in [0.2, 0.25) is 5.02 Å². The van der Waals surface area contributed by atoms with Gasteiger partial charge in [0.25, 0.3) is 0 Å². The van der Waals surface area contributed by atoms with E-state index in [1.54, 1.807) is 18.2 Å². The largest absolute Gasteiger partial charge is 0.485 e. The van der Waals surface area contributed by atoms with Gasteiger partial charge in [-0.3, -0.25) is 4.79 Å². The van der Waals surface area contributed by atoms with Crippen LogP contribution in [0.4, 0.5) is 5.69 Å². The number of thioether (sulfide) groups is 1. The summed E-state index contributed by atoms with van der Waals surface area (Å²) in [7, 11) is 0. The lowest BCUT2D eigenvalue weighted by atomic mass is 10.1. The molecule has 1 N–H and O–H groups in total. The van der Waals surface area contributed by atoms with E-state index in [9.17, 15) is 4.79 Å². The number of aromatic nitrogens is 3. The summed E-state index contributed by atoms with van der Waals surface area (Å²) in [6.07, 6.45) is 0. The summed E-state index contributed by atoms with van der Waals surface area (Å²) in [4.78, 5) is 12.4. The fourth-order valence-corrected chi connectivity index (χ4v) is 4.46. The van der Waals surface area contributed by atoms with Crippen molar-refractivity contribution in [2.24, 2.45) is 0 Å². The Morgan fingerprint density at radius 2 is 1.97 bits per heavy atom. The molecular weight excluding hydrogens is 512 g/mol. The molecule has 0 bridgehead atoms.